The first-order chi connectivity index (χ1) is 9.44. The summed E-state index contributed by atoms with van der Waals surface area (Å²) in [6.07, 6.45) is 4.83. The second-order valence-electron chi connectivity index (χ2n) is 6.66. The van der Waals surface area contributed by atoms with Gasteiger partial charge in [0.2, 0.25) is 0 Å². The summed E-state index contributed by atoms with van der Waals surface area (Å²) in [5.74, 6) is 0.268. The van der Waals surface area contributed by atoms with E-state index < -0.39 is 5.54 Å². The molecule has 5 heteroatoms. The molecule has 1 saturated carbocycles. The molecule has 2 aliphatic rings. The van der Waals surface area contributed by atoms with Crippen LogP contribution in [0.2, 0.25) is 0 Å². The summed E-state index contributed by atoms with van der Waals surface area (Å²) in [5, 5.41) is 6.31. The number of amides is 3. The predicted molar refractivity (Wildman–Crippen MR) is 78.4 cm³/mol. The molecule has 0 radical (unpaired) electrons. The van der Waals surface area contributed by atoms with E-state index in [1.807, 2.05) is 0 Å². The highest BCUT2D eigenvalue weighted by molar-refractivity contribution is 6.07. The largest absolute Gasteiger partial charge is 0.325 e. The zero-order valence-corrected chi connectivity index (χ0v) is 12.9. The summed E-state index contributed by atoms with van der Waals surface area (Å²) in [5.41, 5.74) is -0.583. The van der Waals surface area contributed by atoms with Crippen LogP contribution in [0.5, 0.6) is 0 Å². The van der Waals surface area contributed by atoms with Gasteiger partial charge in [-0.1, -0.05) is 40.0 Å². The number of hydrogen-bond acceptors (Lipinski definition) is 3. The van der Waals surface area contributed by atoms with Gasteiger partial charge < -0.3 is 10.6 Å². The number of carbonyl (C=O) groups excluding carboxylic acids is 2. The lowest BCUT2D eigenvalue weighted by Crippen LogP contribution is -2.48. The van der Waals surface area contributed by atoms with Gasteiger partial charge in [-0.2, -0.15) is 0 Å². The second kappa shape index (κ2) is 6.12. The molecule has 2 N–H and O–H groups in total. The van der Waals surface area contributed by atoms with E-state index >= 15 is 0 Å². The summed E-state index contributed by atoms with van der Waals surface area (Å²) >= 11 is 0. The maximum absolute atomic E-state index is 12.6. The van der Waals surface area contributed by atoms with Crippen molar-refractivity contribution in [1.29, 1.82) is 0 Å². The van der Waals surface area contributed by atoms with Crippen molar-refractivity contribution in [3.8, 4) is 0 Å². The van der Waals surface area contributed by atoms with Crippen molar-refractivity contribution < 1.29 is 9.59 Å². The Morgan fingerprint density at radius 1 is 1.20 bits per heavy atom. The third-order valence-corrected chi connectivity index (χ3v) is 4.32. The van der Waals surface area contributed by atoms with Crippen molar-refractivity contribution in [3.63, 3.8) is 0 Å². The van der Waals surface area contributed by atoms with Crippen molar-refractivity contribution in [2.75, 3.05) is 13.1 Å². The van der Waals surface area contributed by atoms with Crippen LogP contribution in [-0.2, 0) is 4.79 Å². The van der Waals surface area contributed by atoms with Crippen molar-refractivity contribution in [3.05, 3.63) is 0 Å². The van der Waals surface area contributed by atoms with Crippen LogP contribution in [0, 0.1) is 5.92 Å². The minimum absolute atomic E-state index is 0.00130. The molecule has 2 rings (SSSR count). The minimum Gasteiger partial charge on any atom is -0.323 e. The van der Waals surface area contributed by atoms with E-state index in [0.717, 1.165) is 32.2 Å². The number of nitrogens with one attached hydrogen (secondary N) is 2. The van der Waals surface area contributed by atoms with Crippen molar-refractivity contribution >= 4 is 11.9 Å². The Bertz CT molecular complexity index is 375. The Kier molecular flexibility index (Phi) is 4.68. The molecular weight excluding hydrogens is 254 g/mol. The molecular formula is C15H27N3O2. The number of carbonyl (C=O) groups is 2. The Labute approximate surface area is 121 Å². The van der Waals surface area contributed by atoms with E-state index in [4.69, 9.17) is 0 Å². The first-order valence-electron chi connectivity index (χ1n) is 7.82. The van der Waals surface area contributed by atoms with Crippen LogP contribution in [-0.4, -0.2) is 41.5 Å². The van der Waals surface area contributed by atoms with Crippen LogP contribution >= 0.6 is 0 Å². The molecule has 1 unspecified atom stereocenters. The highest BCUT2D eigenvalue weighted by Crippen LogP contribution is 2.33. The Balaban J connectivity index is 1.95. The van der Waals surface area contributed by atoms with Crippen LogP contribution in [0.15, 0.2) is 0 Å². The van der Waals surface area contributed by atoms with Gasteiger partial charge in [-0.25, -0.2) is 4.79 Å². The zero-order chi connectivity index (χ0) is 14.8. The molecule has 114 valence electrons. The summed E-state index contributed by atoms with van der Waals surface area (Å²) in [6, 6.07) is 0.221. The number of rotatable bonds is 5. The van der Waals surface area contributed by atoms with Gasteiger partial charge in [0.05, 0.1) is 0 Å². The predicted octanol–water partition coefficient (Wildman–Crippen LogP) is 1.88. The van der Waals surface area contributed by atoms with E-state index in [1.54, 1.807) is 0 Å². The molecule has 0 aromatic rings. The van der Waals surface area contributed by atoms with E-state index in [0.29, 0.717) is 12.6 Å². The van der Waals surface area contributed by atoms with Crippen molar-refractivity contribution in [2.45, 2.75) is 64.5 Å². The molecule has 0 aromatic carbocycles. The molecule has 1 spiro atoms. The number of imide groups is 1. The lowest BCUT2D eigenvalue weighted by molar-refractivity contribution is -0.132. The monoisotopic (exact) mass is 281 g/mol. The quantitative estimate of drug-likeness (QED) is 0.756. The average molecular weight is 281 g/mol. The van der Waals surface area contributed by atoms with Gasteiger partial charge in [0.25, 0.3) is 5.91 Å². The van der Waals surface area contributed by atoms with Crippen LogP contribution in [0.1, 0.15) is 52.9 Å². The van der Waals surface area contributed by atoms with Crippen LogP contribution in [0.4, 0.5) is 4.79 Å². The maximum atomic E-state index is 12.6. The summed E-state index contributed by atoms with van der Waals surface area (Å²) in [7, 11) is 0. The molecule has 1 saturated heterocycles. The van der Waals surface area contributed by atoms with E-state index in [1.165, 1.54) is 11.3 Å². The molecule has 1 heterocycles. The molecule has 0 bridgehead atoms. The maximum Gasteiger partial charge on any atom is 0.325 e. The Morgan fingerprint density at radius 3 is 2.45 bits per heavy atom. The van der Waals surface area contributed by atoms with E-state index in [-0.39, 0.29) is 17.9 Å². The standard InChI is InChI=1S/C15H27N3O2/c1-11(2)16-9-12(3)10-18-13(19)15(17-14(18)20)7-5-4-6-8-15/h11-12,16H,4-10H2,1-3H3,(H,17,20). The van der Waals surface area contributed by atoms with E-state index in [2.05, 4.69) is 31.4 Å². The summed E-state index contributed by atoms with van der Waals surface area (Å²) in [6.45, 7) is 7.59. The fourth-order valence-electron chi connectivity index (χ4n) is 3.15. The molecule has 3 amide bonds. The Morgan fingerprint density at radius 2 is 1.85 bits per heavy atom. The molecule has 20 heavy (non-hydrogen) atoms. The molecule has 5 nitrogen and oxygen atoms in total. The minimum atomic E-state index is -0.583. The number of hydrogen-bond donors (Lipinski definition) is 2. The molecule has 0 aromatic heterocycles. The number of urea groups is 1. The SMILES string of the molecule is CC(CNC(C)C)CN1C(=O)NC2(CCCCC2)C1=O. The lowest BCUT2D eigenvalue weighted by atomic mass is 9.81. The topological polar surface area (TPSA) is 61.4 Å². The third kappa shape index (κ3) is 3.14. The first-order valence-corrected chi connectivity index (χ1v) is 7.82. The van der Waals surface area contributed by atoms with Crippen LogP contribution in [0.25, 0.3) is 0 Å². The summed E-state index contributed by atoms with van der Waals surface area (Å²) in [4.78, 5) is 26.1. The highest BCUT2D eigenvalue weighted by atomic mass is 16.2. The first kappa shape index (κ1) is 15.3. The van der Waals surface area contributed by atoms with Gasteiger partial charge >= 0.3 is 6.03 Å². The molecule has 1 aliphatic carbocycles. The molecule has 1 aliphatic heterocycles. The molecule has 1 atom stereocenters. The van der Waals surface area contributed by atoms with Gasteiger partial charge in [0, 0.05) is 12.6 Å². The smallest absolute Gasteiger partial charge is 0.323 e. The van der Waals surface area contributed by atoms with Crippen LogP contribution in [0.3, 0.4) is 0 Å². The fourth-order valence-corrected chi connectivity index (χ4v) is 3.15. The normalized spacial score (nSPS) is 23.5. The summed E-state index contributed by atoms with van der Waals surface area (Å²) < 4.78 is 0. The van der Waals surface area contributed by atoms with Gasteiger partial charge in [-0.05, 0) is 25.3 Å². The second-order valence-corrected chi connectivity index (χ2v) is 6.66. The third-order valence-electron chi connectivity index (χ3n) is 4.32. The van der Waals surface area contributed by atoms with E-state index in [9.17, 15) is 9.59 Å². The number of nitrogens with zero attached hydrogens (tertiary/aromatic N) is 1. The van der Waals surface area contributed by atoms with Gasteiger partial charge in [0.15, 0.2) is 0 Å². The molecule has 2 fully saturated rings. The Hall–Kier alpha value is -1.10. The van der Waals surface area contributed by atoms with Gasteiger partial charge in [0.1, 0.15) is 5.54 Å². The van der Waals surface area contributed by atoms with Gasteiger partial charge in [-0.15, -0.1) is 0 Å². The van der Waals surface area contributed by atoms with Crippen molar-refractivity contribution in [1.82, 2.24) is 15.5 Å². The lowest BCUT2D eigenvalue weighted by Gasteiger charge is -2.30. The fraction of sp³-hybridized carbons (Fsp3) is 0.867. The highest BCUT2D eigenvalue weighted by Gasteiger charge is 2.51. The average Bonchev–Trinajstić information content (AvgIpc) is 2.62. The van der Waals surface area contributed by atoms with Gasteiger partial charge in [-0.3, -0.25) is 9.69 Å². The van der Waals surface area contributed by atoms with Crippen molar-refractivity contribution in [2.24, 2.45) is 5.92 Å². The zero-order valence-electron chi connectivity index (χ0n) is 12.9. The van der Waals surface area contributed by atoms with Crippen LogP contribution < -0.4 is 10.6 Å².